The van der Waals surface area contributed by atoms with Gasteiger partial charge in [-0.15, -0.1) is 0 Å². The minimum absolute atomic E-state index is 0. The van der Waals surface area contributed by atoms with Crippen LogP contribution in [0.3, 0.4) is 0 Å². The average molecular weight is 345 g/mol. The van der Waals surface area contributed by atoms with Gasteiger partial charge in [0.25, 0.3) is 0 Å². The van der Waals surface area contributed by atoms with Gasteiger partial charge in [-0.2, -0.15) is 0 Å². The number of hydrogen-bond acceptors (Lipinski definition) is 2. The smallest absolute Gasteiger partial charge is 0.303 e. The number of carbonyl (C=O) groups is 2. The maximum Gasteiger partial charge on any atom is 0.303 e. The molecule has 0 aliphatic carbocycles. The van der Waals surface area contributed by atoms with Gasteiger partial charge in [-0.3, -0.25) is 9.59 Å². The number of unbranched alkanes of at least 4 members (excludes halogenated alkanes) is 4. The van der Waals surface area contributed by atoms with Gasteiger partial charge in [0, 0.05) is 40.1 Å². The summed E-state index contributed by atoms with van der Waals surface area (Å²) in [4.78, 5) is 19.7. The third-order valence-corrected chi connectivity index (χ3v) is 1.99. The van der Waals surface area contributed by atoms with Gasteiger partial charge in [-0.1, -0.05) is 39.5 Å². The molecule has 0 aliphatic heterocycles. The van der Waals surface area contributed by atoms with E-state index in [1.54, 1.807) is 0 Å². The Bertz CT molecular complexity index is 163. The summed E-state index contributed by atoms with van der Waals surface area (Å²) in [6, 6.07) is 0. The second-order valence-corrected chi connectivity index (χ2v) is 3.70. The Labute approximate surface area is 124 Å². The van der Waals surface area contributed by atoms with Gasteiger partial charge in [-0.25, -0.2) is 0 Å². The van der Waals surface area contributed by atoms with E-state index in [1.165, 1.54) is 0 Å². The summed E-state index contributed by atoms with van der Waals surface area (Å²) >= 11 is 0. The molecule has 0 aromatic rings. The molecule has 17 heavy (non-hydrogen) atoms. The van der Waals surface area contributed by atoms with Crippen LogP contribution in [0.2, 0.25) is 0 Å². The van der Waals surface area contributed by atoms with Gasteiger partial charge in [0.15, 0.2) is 0 Å². The van der Waals surface area contributed by atoms with Crippen LogP contribution >= 0.6 is 0 Å². The van der Waals surface area contributed by atoms with Gasteiger partial charge in [-0.05, 0) is 12.8 Å². The van der Waals surface area contributed by atoms with E-state index in [0.717, 1.165) is 38.5 Å². The predicted molar refractivity (Wildman–Crippen MR) is 63.6 cm³/mol. The molecule has 4 nitrogen and oxygen atoms in total. The van der Waals surface area contributed by atoms with Crippen LogP contribution in [0.5, 0.6) is 0 Å². The molecule has 98 valence electrons. The third kappa shape index (κ3) is 31.3. The molecule has 5 heteroatoms. The molecule has 0 spiro atoms. The summed E-state index contributed by atoms with van der Waals surface area (Å²) in [5.74, 6) is -1.36. The molecule has 2 N–H and O–H groups in total. The van der Waals surface area contributed by atoms with E-state index in [2.05, 4.69) is 13.8 Å². The van der Waals surface area contributed by atoms with Crippen molar-refractivity contribution in [2.75, 3.05) is 0 Å². The fourth-order valence-electron chi connectivity index (χ4n) is 1.05. The minimum atomic E-state index is -0.682. The normalized spacial score (nSPS) is 8.59. The standard InChI is InChI=1S/2C6H12O2.Cd/c2*1-2-3-4-5-6(7)8;/h2*2-5H2,1H3,(H,7,8);. The van der Waals surface area contributed by atoms with E-state index in [4.69, 9.17) is 10.2 Å². The van der Waals surface area contributed by atoms with Crippen molar-refractivity contribution in [3.63, 3.8) is 0 Å². The quantitative estimate of drug-likeness (QED) is 0.523. The number of hydrogen-bond donors (Lipinski definition) is 2. The van der Waals surface area contributed by atoms with Crippen LogP contribution in [0.4, 0.5) is 0 Å². The predicted octanol–water partition coefficient (Wildman–Crippen LogP) is 3.30. The van der Waals surface area contributed by atoms with Crippen LogP contribution in [0.1, 0.15) is 65.2 Å². The first-order valence-electron chi connectivity index (χ1n) is 5.98. The molecule has 0 amide bonds. The van der Waals surface area contributed by atoms with Crippen molar-refractivity contribution < 1.29 is 47.1 Å². The molecule has 0 unspecified atom stereocenters. The number of rotatable bonds is 8. The molecule has 0 bridgehead atoms. The SMILES string of the molecule is CCCCCC(=O)O.CCCCCC(=O)O.[Cd]. The molecule has 0 aromatic heterocycles. The Morgan fingerprint density at radius 3 is 1.24 bits per heavy atom. The van der Waals surface area contributed by atoms with E-state index in [0.29, 0.717) is 12.8 Å². The van der Waals surface area contributed by atoms with Crippen LogP contribution in [-0.2, 0) is 36.9 Å². The minimum Gasteiger partial charge on any atom is -0.481 e. The third-order valence-electron chi connectivity index (χ3n) is 1.99. The molecular weight excluding hydrogens is 321 g/mol. The summed E-state index contributed by atoms with van der Waals surface area (Å²) < 4.78 is 0. The van der Waals surface area contributed by atoms with Gasteiger partial charge in [0.1, 0.15) is 0 Å². The first-order chi connectivity index (χ1) is 7.54. The topological polar surface area (TPSA) is 74.6 Å². The molecule has 0 saturated carbocycles. The van der Waals surface area contributed by atoms with Crippen molar-refractivity contribution in [1.29, 1.82) is 0 Å². The van der Waals surface area contributed by atoms with E-state index in [1.807, 2.05) is 0 Å². The van der Waals surface area contributed by atoms with Crippen molar-refractivity contribution in [3.05, 3.63) is 0 Å². The molecular formula is C12H24CdO4. The zero-order valence-corrected chi connectivity index (χ0v) is 15.1. The largest absolute Gasteiger partial charge is 0.481 e. The zero-order chi connectivity index (χ0) is 12.8. The fraction of sp³-hybridized carbons (Fsp3) is 0.833. The summed E-state index contributed by atoms with van der Waals surface area (Å²) in [6.07, 6.45) is 6.55. The molecule has 0 heterocycles. The Morgan fingerprint density at radius 2 is 1.06 bits per heavy atom. The number of carboxylic acids is 2. The Balaban J connectivity index is -0.000000218. The molecule has 0 atom stereocenters. The summed E-state index contributed by atoms with van der Waals surface area (Å²) in [5.41, 5.74) is 0. The zero-order valence-electron chi connectivity index (χ0n) is 11.1. The second-order valence-electron chi connectivity index (χ2n) is 3.70. The molecule has 0 radical (unpaired) electrons. The average Bonchev–Trinajstić information content (AvgIpc) is 2.18. The van der Waals surface area contributed by atoms with E-state index >= 15 is 0 Å². The van der Waals surface area contributed by atoms with Crippen LogP contribution in [-0.4, -0.2) is 22.2 Å². The van der Waals surface area contributed by atoms with E-state index in [9.17, 15) is 9.59 Å². The van der Waals surface area contributed by atoms with Crippen molar-refractivity contribution in [1.82, 2.24) is 0 Å². The van der Waals surface area contributed by atoms with Crippen molar-refractivity contribution in [3.8, 4) is 0 Å². The Morgan fingerprint density at radius 1 is 0.765 bits per heavy atom. The summed E-state index contributed by atoms with van der Waals surface area (Å²) in [7, 11) is 0. The van der Waals surface area contributed by atoms with Crippen LogP contribution in [0, 0.1) is 0 Å². The van der Waals surface area contributed by atoms with E-state index < -0.39 is 11.9 Å². The van der Waals surface area contributed by atoms with Gasteiger partial charge < -0.3 is 10.2 Å². The first-order valence-corrected chi connectivity index (χ1v) is 5.98. The Hall–Kier alpha value is -0.138. The number of aliphatic carboxylic acids is 2. The Kier molecular flexibility index (Phi) is 23.7. The van der Waals surface area contributed by atoms with Gasteiger partial charge >= 0.3 is 11.9 Å². The van der Waals surface area contributed by atoms with E-state index in [-0.39, 0.29) is 27.3 Å². The monoisotopic (exact) mass is 346 g/mol. The van der Waals surface area contributed by atoms with Crippen molar-refractivity contribution in [2.45, 2.75) is 65.2 Å². The first kappa shape index (κ1) is 22.1. The molecule has 0 rings (SSSR count). The van der Waals surface area contributed by atoms with Crippen LogP contribution < -0.4 is 0 Å². The van der Waals surface area contributed by atoms with Crippen molar-refractivity contribution >= 4 is 11.9 Å². The maximum atomic E-state index is 9.87. The summed E-state index contributed by atoms with van der Waals surface area (Å²) in [5, 5.41) is 16.3. The van der Waals surface area contributed by atoms with Crippen LogP contribution in [0.15, 0.2) is 0 Å². The molecule has 0 aromatic carbocycles. The molecule has 0 aliphatic rings. The molecule has 0 fully saturated rings. The number of carboxylic acid groups (broad SMARTS) is 2. The van der Waals surface area contributed by atoms with Gasteiger partial charge in [0.05, 0.1) is 0 Å². The summed E-state index contributed by atoms with van der Waals surface area (Å²) in [6.45, 7) is 4.11. The fourth-order valence-corrected chi connectivity index (χ4v) is 1.05. The van der Waals surface area contributed by atoms with Crippen molar-refractivity contribution in [2.24, 2.45) is 0 Å². The maximum absolute atomic E-state index is 9.87. The second kappa shape index (κ2) is 18.2. The molecule has 0 saturated heterocycles. The van der Waals surface area contributed by atoms with Gasteiger partial charge in [0.2, 0.25) is 0 Å². The van der Waals surface area contributed by atoms with Crippen LogP contribution in [0.25, 0.3) is 0 Å².